The monoisotopic (exact) mass is 380 g/mol. The maximum absolute atomic E-state index is 12.7. The number of benzene rings is 1. The molecule has 0 spiro atoms. The average Bonchev–Trinajstić information content (AvgIpc) is 2.59. The Bertz CT molecular complexity index is 625. The van der Waals surface area contributed by atoms with Crippen LogP contribution >= 0.6 is 11.6 Å². The third-order valence-electron chi connectivity index (χ3n) is 4.87. The Morgan fingerprint density at radius 1 is 1.35 bits per heavy atom. The minimum absolute atomic E-state index is 0.0539. The zero-order chi connectivity index (χ0) is 19.3. The van der Waals surface area contributed by atoms with Gasteiger partial charge >= 0.3 is 0 Å². The van der Waals surface area contributed by atoms with Crippen LogP contribution in [0.4, 0.5) is 0 Å². The van der Waals surface area contributed by atoms with E-state index in [4.69, 9.17) is 11.6 Å². The Balaban J connectivity index is 1.88. The molecule has 2 rings (SSSR count). The van der Waals surface area contributed by atoms with Crippen LogP contribution < -0.4 is 0 Å². The van der Waals surface area contributed by atoms with Crippen molar-refractivity contribution in [3.63, 3.8) is 0 Å². The van der Waals surface area contributed by atoms with Crippen LogP contribution in [0.5, 0.6) is 0 Å². The zero-order valence-electron chi connectivity index (χ0n) is 15.9. The summed E-state index contributed by atoms with van der Waals surface area (Å²) in [4.78, 5) is 28.4. The van der Waals surface area contributed by atoms with Crippen molar-refractivity contribution >= 4 is 23.4 Å². The van der Waals surface area contributed by atoms with Gasteiger partial charge in [0.05, 0.1) is 11.5 Å². The lowest BCUT2D eigenvalue weighted by Crippen LogP contribution is -2.47. The predicted molar refractivity (Wildman–Crippen MR) is 103 cm³/mol. The summed E-state index contributed by atoms with van der Waals surface area (Å²) in [5.41, 5.74) is 0.333. The molecule has 6 heteroatoms. The van der Waals surface area contributed by atoms with Crippen LogP contribution in [-0.4, -0.2) is 59.0 Å². The van der Waals surface area contributed by atoms with Gasteiger partial charge in [-0.15, -0.1) is 0 Å². The second-order valence-electron chi connectivity index (χ2n) is 7.77. The second-order valence-corrected chi connectivity index (χ2v) is 8.21. The lowest BCUT2D eigenvalue weighted by molar-refractivity contribution is -0.142. The molecule has 1 aromatic carbocycles. The van der Waals surface area contributed by atoms with E-state index < -0.39 is 5.60 Å². The van der Waals surface area contributed by atoms with Crippen LogP contribution in [0.1, 0.15) is 38.7 Å². The number of aliphatic hydroxyl groups is 1. The number of rotatable bonds is 7. The second kappa shape index (κ2) is 8.87. The van der Waals surface area contributed by atoms with Gasteiger partial charge in [-0.05, 0) is 50.8 Å². The van der Waals surface area contributed by atoms with E-state index in [2.05, 4.69) is 0 Å². The molecule has 1 aromatic rings. The smallest absolute Gasteiger partial charge is 0.227 e. The first-order chi connectivity index (χ1) is 12.2. The van der Waals surface area contributed by atoms with Gasteiger partial charge in [0, 0.05) is 38.1 Å². The first kappa shape index (κ1) is 20.7. The number of hydrogen-bond acceptors (Lipinski definition) is 3. The molecule has 5 nitrogen and oxygen atoms in total. The van der Waals surface area contributed by atoms with Crippen molar-refractivity contribution in [2.75, 3.05) is 26.7 Å². The van der Waals surface area contributed by atoms with Crippen molar-refractivity contribution in [3.05, 3.63) is 34.9 Å². The van der Waals surface area contributed by atoms with E-state index in [1.165, 1.54) is 0 Å². The summed E-state index contributed by atoms with van der Waals surface area (Å²) in [6.07, 6.45) is 2.29. The highest BCUT2D eigenvalue weighted by Crippen LogP contribution is 2.21. The Morgan fingerprint density at radius 2 is 2.00 bits per heavy atom. The molecular weight excluding hydrogens is 352 g/mol. The summed E-state index contributed by atoms with van der Waals surface area (Å²) in [7, 11) is 1.77. The first-order valence-corrected chi connectivity index (χ1v) is 9.53. The Morgan fingerprint density at radius 3 is 2.62 bits per heavy atom. The lowest BCUT2D eigenvalue weighted by Gasteiger charge is -2.34. The van der Waals surface area contributed by atoms with Crippen molar-refractivity contribution in [2.45, 2.75) is 45.1 Å². The molecule has 0 aliphatic carbocycles. The molecule has 0 bridgehead atoms. The standard InChI is InChI=1S/C20H29ClN2O3/c1-20(2,26)11-13-22(3)19(25)16-6-9-18(24)23(14-16)12-10-15-4-7-17(21)8-5-15/h4-5,7-8,16,26H,6,9-14H2,1-3H3/t16-/m0/s1. The molecule has 1 saturated heterocycles. The van der Waals surface area contributed by atoms with Gasteiger partial charge in [0.15, 0.2) is 0 Å². The molecule has 26 heavy (non-hydrogen) atoms. The van der Waals surface area contributed by atoms with Crippen LogP contribution in [-0.2, 0) is 16.0 Å². The summed E-state index contributed by atoms with van der Waals surface area (Å²) < 4.78 is 0. The highest BCUT2D eigenvalue weighted by Gasteiger charge is 2.31. The van der Waals surface area contributed by atoms with Gasteiger partial charge in [-0.2, -0.15) is 0 Å². The highest BCUT2D eigenvalue weighted by molar-refractivity contribution is 6.30. The molecule has 1 heterocycles. The molecule has 0 radical (unpaired) electrons. The van der Waals surface area contributed by atoms with E-state index in [9.17, 15) is 14.7 Å². The van der Waals surface area contributed by atoms with Gasteiger partial charge in [-0.3, -0.25) is 9.59 Å². The van der Waals surface area contributed by atoms with Crippen molar-refractivity contribution in [1.82, 2.24) is 9.80 Å². The number of carbonyl (C=O) groups excluding carboxylic acids is 2. The van der Waals surface area contributed by atoms with E-state index in [0.29, 0.717) is 43.9 Å². The van der Waals surface area contributed by atoms with Crippen LogP contribution in [0.15, 0.2) is 24.3 Å². The summed E-state index contributed by atoms with van der Waals surface area (Å²) in [6.45, 7) is 5.07. The molecule has 0 unspecified atom stereocenters. The Hall–Kier alpha value is -1.59. The van der Waals surface area contributed by atoms with E-state index in [1.807, 2.05) is 24.3 Å². The topological polar surface area (TPSA) is 60.9 Å². The summed E-state index contributed by atoms with van der Waals surface area (Å²) in [5.74, 6) is 0.00474. The summed E-state index contributed by atoms with van der Waals surface area (Å²) in [5, 5.41) is 10.5. The largest absolute Gasteiger partial charge is 0.390 e. The van der Waals surface area contributed by atoms with Crippen LogP contribution in [0.25, 0.3) is 0 Å². The Kier molecular flexibility index (Phi) is 7.07. The molecule has 144 valence electrons. The summed E-state index contributed by atoms with van der Waals surface area (Å²) >= 11 is 5.90. The lowest BCUT2D eigenvalue weighted by atomic mass is 9.95. The van der Waals surface area contributed by atoms with E-state index in [1.54, 1.807) is 30.7 Å². The molecule has 0 saturated carbocycles. The first-order valence-electron chi connectivity index (χ1n) is 9.15. The summed E-state index contributed by atoms with van der Waals surface area (Å²) in [6, 6.07) is 7.62. The third-order valence-corrected chi connectivity index (χ3v) is 5.12. The van der Waals surface area contributed by atoms with Gasteiger partial charge in [0.25, 0.3) is 0 Å². The fraction of sp³-hybridized carbons (Fsp3) is 0.600. The predicted octanol–water partition coefficient (Wildman–Crippen LogP) is 2.74. The van der Waals surface area contributed by atoms with E-state index in [-0.39, 0.29) is 17.7 Å². The molecule has 1 aliphatic heterocycles. The van der Waals surface area contributed by atoms with Crippen LogP contribution in [0.2, 0.25) is 5.02 Å². The van der Waals surface area contributed by atoms with Gasteiger partial charge in [-0.1, -0.05) is 23.7 Å². The fourth-order valence-electron chi connectivity index (χ4n) is 3.11. The number of nitrogens with zero attached hydrogens (tertiary/aromatic N) is 2. The number of amides is 2. The Labute approximate surface area is 160 Å². The number of piperidine rings is 1. The number of likely N-dealkylation sites (tertiary alicyclic amines) is 1. The quantitative estimate of drug-likeness (QED) is 0.791. The molecule has 1 fully saturated rings. The van der Waals surface area contributed by atoms with E-state index >= 15 is 0 Å². The van der Waals surface area contributed by atoms with Crippen molar-refractivity contribution in [3.8, 4) is 0 Å². The van der Waals surface area contributed by atoms with Gasteiger partial charge in [-0.25, -0.2) is 0 Å². The molecule has 1 N–H and O–H groups in total. The minimum Gasteiger partial charge on any atom is -0.390 e. The van der Waals surface area contributed by atoms with Crippen LogP contribution in [0, 0.1) is 5.92 Å². The van der Waals surface area contributed by atoms with Crippen molar-refractivity contribution in [2.24, 2.45) is 5.92 Å². The minimum atomic E-state index is -0.790. The van der Waals surface area contributed by atoms with Gasteiger partial charge < -0.3 is 14.9 Å². The number of carbonyl (C=O) groups is 2. The molecular formula is C20H29ClN2O3. The zero-order valence-corrected chi connectivity index (χ0v) is 16.6. The number of halogens is 1. The number of hydrogen-bond donors (Lipinski definition) is 1. The molecule has 1 aliphatic rings. The highest BCUT2D eigenvalue weighted by atomic mass is 35.5. The van der Waals surface area contributed by atoms with Gasteiger partial charge in [0.2, 0.25) is 11.8 Å². The normalized spacial score (nSPS) is 18.1. The van der Waals surface area contributed by atoms with Crippen LogP contribution in [0.3, 0.4) is 0 Å². The fourth-order valence-corrected chi connectivity index (χ4v) is 3.24. The molecule has 2 amide bonds. The van der Waals surface area contributed by atoms with E-state index in [0.717, 1.165) is 12.0 Å². The average molecular weight is 381 g/mol. The van der Waals surface area contributed by atoms with Crippen molar-refractivity contribution < 1.29 is 14.7 Å². The maximum Gasteiger partial charge on any atom is 0.227 e. The van der Waals surface area contributed by atoms with Crippen molar-refractivity contribution in [1.29, 1.82) is 0 Å². The molecule has 1 atom stereocenters. The SMILES string of the molecule is CN(CCC(C)(C)O)C(=O)[C@H]1CCC(=O)N(CCc2ccc(Cl)cc2)C1. The van der Waals surface area contributed by atoms with Gasteiger partial charge in [0.1, 0.15) is 0 Å². The maximum atomic E-state index is 12.7. The third kappa shape index (κ3) is 6.29. The molecule has 0 aromatic heterocycles.